The van der Waals surface area contributed by atoms with Gasteiger partial charge >= 0.3 is 0 Å². The Balaban J connectivity index is 1.52. The average molecular weight is 351 g/mol. The molecule has 7 heteroatoms. The maximum absolute atomic E-state index is 12.8. The van der Waals surface area contributed by atoms with E-state index >= 15 is 0 Å². The number of carbonyl (C=O) groups is 1. The molecule has 0 unspecified atom stereocenters. The van der Waals surface area contributed by atoms with Crippen LogP contribution in [-0.4, -0.2) is 43.5 Å². The second-order valence-electron chi connectivity index (χ2n) is 6.52. The lowest BCUT2D eigenvalue weighted by Crippen LogP contribution is -2.41. The first-order valence-corrected chi connectivity index (χ1v) is 8.86. The van der Waals surface area contributed by atoms with E-state index in [0.29, 0.717) is 5.75 Å². The van der Waals surface area contributed by atoms with Gasteiger partial charge < -0.3 is 9.64 Å². The number of piperidine rings is 1. The number of ether oxygens (including phenoxy) is 1. The van der Waals surface area contributed by atoms with Gasteiger partial charge in [-0.1, -0.05) is 0 Å². The number of aromatic nitrogens is 4. The molecule has 134 valence electrons. The van der Waals surface area contributed by atoms with Gasteiger partial charge in [-0.25, -0.2) is 9.50 Å². The molecule has 7 nitrogen and oxygen atoms in total. The highest BCUT2D eigenvalue weighted by molar-refractivity contribution is 5.78. The van der Waals surface area contributed by atoms with Gasteiger partial charge in [0.05, 0.1) is 23.6 Å². The Kier molecular flexibility index (Phi) is 4.51. The Labute approximate surface area is 151 Å². The lowest BCUT2D eigenvalue weighted by atomic mass is 9.99. The standard InChI is InChI=1S/C19H21N5O2/c1-14-11-18-21-16(7-10-24(18)22-14)17-6-2-3-9-23(17)19(25)13-26-15-5-4-8-20-12-15/h4-5,7-8,10-12,17H,2-3,6,9,13H2,1H3/t17-/m0/s1. The van der Waals surface area contributed by atoms with Gasteiger partial charge in [-0.05, 0) is 44.4 Å². The van der Waals surface area contributed by atoms with Crippen LogP contribution >= 0.6 is 0 Å². The molecule has 4 rings (SSSR count). The summed E-state index contributed by atoms with van der Waals surface area (Å²) in [5, 5.41) is 4.36. The molecule has 1 aliphatic rings. The molecule has 0 aromatic carbocycles. The summed E-state index contributed by atoms with van der Waals surface area (Å²) in [5.74, 6) is 0.577. The van der Waals surface area contributed by atoms with Crippen LogP contribution in [0.5, 0.6) is 5.75 Å². The van der Waals surface area contributed by atoms with Crippen molar-refractivity contribution < 1.29 is 9.53 Å². The van der Waals surface area contributed by atoms with E-state index in [-0.39, 0.29) is 18.6 Å². The Bertz CT molecular complexity index is 909. The van der Waals surface area contributed by atoms with Crippen molar-refractivity contribution >= 4 is 11.6 Å². The lowest BCUT2D eigenvalue weighted by Gasteiger charge is -2.35. The van der Waals surface area contributed by atoms with Crippen molar-refractivity contribution in [1.82, 2.24) is 24.5 Å². The van der Waals surface area contributed by atoms with Gasteiger partial charge in [-0.3, -0.25) is 9.78 Å². The Hall–Kier alpha value is -2.96. The SMILES string of the molecule is Cc1cc2nc([C@@H]3CCCCN3C(=O)COc3cccnc3)ccn2n1. The summed E-state index contributed by atoms with van der Waals surface area (Å²) in [6.07, 6.45) is 8.20. The van der Waals surface area contributed by atoms with E-state index in [1.165, 1.54) is 0 Å². The Morgan fingerprint density at radius 1 is 1.35 bits per heavy atom. The van der Waals surface area contributed by atoms with Crippen LogP contribution < -0.4 is 4.74 Å². The first kappa shape index (κ1) is 16.5. The van der Waals surface area contributed by atoms with E-state index in [1.54, 1.807) is 29.0 Å². The number of hydrogen-bond acceptors (Lipinski definition) is 5. The van der Waals surface area contributed by atoms with Crippen molar-refractivity contribution in [3.8, 4) is 5.75 Å². The topological polar surface area (TPSA) is 72.6 Å². The highest BCUT2D eigenvalue weighted by atomic mass is 16.5. The van der Waals surface area contributed by atoms with E-state index in [4.69, 9.17) is 9.72 Å². The second-order valence-corrected chi connectivity index (χ2v) is 6.52. The number of likely N-dealkylation sites (tertiary alicyclic amines) is 1. The molecule has 1 fully saturated rings. The Morgan fingerprint density at radius 3 is 3.12 bits per heavy atom. The van der Waals surface area contributed by atoms with Gasteiger partial charge in [0.2, 0.25) is 0 Å². The third-order valence-corrected chi connectivity index (χ3v) is 4.63. The summed E-state index contributed by atoms with van der Waals surface area (Å²) < 4.78 is 7.35. The van der Waals surface area contributed by atoms with Gasteiger partial charge in [0.15, 0.2) is 12.3 Å². The molecule has 0 aliphatic carbocycles. The summed E-state index contributed by atoms with van der Waals surface area (Å²) >= 11 is 0. The summed E-state index contributed by atoms with van der Waals surface area (Å²) in [7, 11) is 0. The molecule has 0 N–H and O–H groups in total. The van der Waals surface area contributed by atoms with Crippen LogP contribution in [0.4, 0.5) is 0 Å². The maximum Gasteiger partial charge on any atom is 0.261 e. The van der Waals surface area contributed by atoms with Crippen LogP contribution in [0.1, 0.15) is 36.7 Å². The van der Waals surface area contributed by atoms with Crippen molar-refractivity contribution in [2.75, 3.05) is 13.2 Å². The second kappa shape index (κ2) is 7.11. The lowest BCUT2D eigenvalue weighted by molar-refractivity contribution is -0.137. The molecule has 1 saturated heterocycles. The molecule has 0 radical (unpaired) electrons. The fraction of sp³-hybridized carbons (Fsp3) is 0.368. The van der Waals surface area contributed by atoms with Crippen LogP contribution in [0, 0.1) is 6.92 Å². The first-order valence-electron chi connectivity index (χ1n) is 8.86. The quantitative estimate of drug-likeness (QED) is 0.722. The summed E-state index contributed by atoms with van der Waals surface area (Å²) in [5.41, 5.74) is 2.65. The fourth-order valence-electron chi connectivity index (χ4n) is 3.40. The monoisotopic (exact) mass is 351 g/mol. The van der Waals surface area contributed by atoms with Crippen LogP contribution in [0.25, 0.3) is 5.65 Å². The van der Waals surface area contributed by atoms with Gasteiger partial charge in [0.1, 0.15) is 5.75 Å². The molecule has 0 spiro atoms. The molecular weight excluding hydrogens is 330 g/mol. The van der Waals surface area contributed by atoms with Crippen molar-refractivity contribution in [2.45, 2.75) is 32.2 Å². The molecule has 1 aliphatic heterocycles. The van der Waals surface area contributed by atoms with E-state index in [9.17, 15) is 4.79 Å². The predicted molar refractivity (Wildman–Crippen MR) is 95.8 cm³/mol. The zero-order valence-electron chi connectivity index (χ0n) is 14.7. The number of rotatable bonds is 4. The van der Waals surface area contributed by atoms with Gasteiger partial charge in [0, 0.05) is 25.0 Å². The van der Waals surface area contributed by atoms with E-state index in [2.05, 4.69) is 10.1 Å². The Morgan fingerprint density at radius 2 is 2.27 bits per heavy atom. The zero-order valence-corrected chi connectivity index (χ0v) is 14.7. The molecule has 1 amide bonds. The van der Waals surface area contributed by atoms with Crippen molar-refractivity contribution in [2.24, 2.45) is 0 Å². The fourth-order valence-corrected chi connectivity index (χ4v) is 3.40. The maximum atomic E-state index is 12.8. The highest BCUT2D eigenvalue weighted by Crippen LogP contribution is 2.30. The number of fused-ring (bicyclic) bond motifs is 1. The molecule has 26 heavy (non-hydrogen) atoms. The number of carbonyl (C=O) groups excluding carboxylic acids is 1. The van der Waals surface area contributed by atoms with E-state index in [1.807, 2.05) is 30.2 Å². The summed E-state index contributed by atoms with van der Waals surface area (Å²) in [4.78, 5) is 23.4. The number of nitrogens with zero attached hydrogens (tertiary/aromatic N) is 5. The summed E-state index contributed by atoms with van der Waals surface area (Å²) in [6, 6.07) is 7.47. The van der Waals surface area contributed by atoms with Gasteiger partial charge in [-0.15, -0.1) is 0 Å². The minimum Gasteiger partial charge on any atom is -0.482 e. The van der Waals surface area contributed by atoms with Crippen LogP contribution in [0.3, 0.4) is 0 Å². The van der Waals surface area contributed by atoms with Crippen molar-refractivity contribution in [3.63, 3.8) is 0 Å². The normalized spacial score (nSPS) is 17.4. The van der Waals surface area contributed by atoms with Gasteiger partial charge in [-0.2, -0.15) is 5.10 Å². The number of aryl methyl sites for hydroxylation is 1. The molecular formula is C19H21N5O2. The highest BCUT2D eigenvalue weighted by Gasteiger charge is 2.29. The largest absolute Gasteiger partial charge is 0.482 e. The van der Waals surface area contributed by atoms with Gasteiger partial charge in [0.25, 0.3) is 5.91 Å². The minimum absolute atomic E-state index is 0.0101. The molecule has 3 aromatic heterocycles. The third-order valence-electron chi connectivity index (χ3n) is 4.63. The number of hydrogen-bond donors (Lipinski definition) is 0. The number of amides is 1. The molecule has 4 heterocycles. The van der Waals surface area contributed by atoms with E-state index < -0.39 is 0 Å². The van der Waals surface area contributed by atoms with Crippen LogP contribution in [0.2, 0.25) is 0 Å². The molecule has 0 saturated carbocycles. The average Bonchev–Trinajstić information content (AvgIpc) is 3.06. The van der Waals surface area contributed by atoms with Crippen LogP contribution in [-0.2, 0) is 4.79 Å². The smallest absolute Gasteiger partial charge is 0.261 e. The first-order chi connectivity index (χ1) is 12.7. The number of pyridine rings is 1. The molecule has 3 aromatic rings. The summed E-state index contributed by atoms with van der Waals surface area (Å²) in [6.45, 7) is 2.68. The molecule has 0 bridgehead atoms. The van der Waals surface area contributed by atoms with Crippen molar-refractivity contribution in [1.29, 1.82) is 0 Å². The van der Waals surface area contributed by atoms with Crippen LogP contribution in [0.15, 0.2) is 42.9 Å². The minimum atomic E-state index is -0.0232. The molecule has 1 atom stereocenters. The van der Waals surface area contributed by atoms with E-state index in [0.717, 1.165) is 42.8 Å². The third kappa shape index (κ3) is 3.37. The van der Waals surface area contributed by atoms with Crippen molar-refractivity contribution in [3.05, 3.63) is 54.2 Å². The predicted octanol–water partition coefficient (Wildman–Crippen LogP) is 2.57. The zero-order chi connectivity index (χ0) is 17.9.